The minimum absolute atomic E-state index is 0.163. The van der Waals surface area contributed by atoms with Crippen molar-refractivity contribution in [1.29, 1.82) is 0 Å². The highest BCUT2D eigenvalue weighted by atomic mass is 35.5. The van der Waals surface area contributed by atoms with Crippen molar-refractivity contribution in [1.82, 2.24) is 9.62 Å². The first-order valence-corrected chi connectivity index (χ1v) is 19.0. The van der Waals surface area contributed by atoms with Gasteiger partial charge in [-0.15, -0.1) is 0 Å². The number of halogens is 1. The molecule has 2 aliphatic rings. The molecule has 4 aromatic rings. The molecule has 1 saturated carbocycles. The maximum absolute atomic E-state index is 13.2. The van der Waals surface area contributed by atoms with Crippen LogP contribution in [0.3, 0.4) is 0 Å². The zero-order valence-corrected chi connectivity index (χ0v) is 30.0. The predicted molar refractivity (Wildman–Crippen MR) is 200 cm³/mol. The molecule has 1 heterocycles. The van der Waals surface area contributed by atoms with E-state index in [9.17, 15) is 23.3 Å². The van der Waals surface area contributed by atoms with Crippen LogP contribution in [0.2, 0.25) is 5.02 Å². The minimum atomic E-state index is -4.38. The van der Waals surface area contributed by atoms with Gasteiger partial charge in [0.2, 0.25) is 0 Å². The number of rotatable bonds is 12. The zero-order valence-electron chi connectivity index (χ0n) is 28.5. The van der Waals surface area contributed by atoms with Crippen molar-refractivity contribution in [2.45, 2.75) is 43.2 Å². The van der Waals surface area contributed by atoms with Crippen molar-refractivity contribution in [3.8, 4) is 11.1 Å². The van der Waals surface area contributed by atoms with Gasteiger partial charge in [0.1, 0.15) is 5.69 Å². The molecule has 0 spiro atoms. The largest absolute Gasteiger partial charge is 0.381 e. The number of nitrogens with zero attached hydrogens (tertiary/aromatic N) is 3. The fourth-order valence-corrected chi connectivity index (χ4v) is 7.96. The zero-order chi connectivity index (χ0) is 36.0. The number of piperazine rings is 1. The third-order valence-electron chi connectivity index (χ3n) is 9.85. The first-order valence-electron chi connectivity index (χ1n) is 17.1. The maximum atomic E-state index is 13.2. The van der Waals surface area contributed by atoms with Gasteiger partial charge in [-0.1, -0.05) is 48.0 Å². The number of nitrogens with one attached hydrogen (secondary N) is 2. The van der Waals surface area contributed by atoms with Crippen molar-refractivity contribution in [2.75, 3.05) is 50.1 Å². The third-order valence-corrected chi connectivity index (χ3v) is 11.4. The number of nitro groups is 1. The second-order valence-electron chi connectivity index (χ2n) is 13.1. The van der Waals surface area contributed by atoms with E-state index in [1.807, 2.05) is 30.3 Å². The summed E-state index contributed by atoms with van der Waals surface area (Å²) in [4.78, 5) is 28.6. The number of methoxy groups -OCH3 is 1. The van der Waals surface area contributed by atoms with Gasteiger partial charge in [0.15, 0.2) is 0 Å². The van der Waals surface area contributed by atoms with Crippen molar-refractivity contribution in [3.63, 3.8) is 0 Å². The highest BCUT2D eigenvalue weighted by Crippen LogP contribution is 2.31. The summed E-state index contributed by atoms with van der Waals surface area (Å²) >= 11 is 6.10. The normalized spacial score (nSPS) is 18.3. The van der Waals surface area contributed by atoms with Gasteiger partial charge in [-0.05, 0) is 96.8 Å². The summed E-state index contributed by atoms with van der Waals surface area (Å²) in [5.41, 5.74) is 4.52. The molecule has 268 valence electrons. The Bertz CT molecular complexity index is 1940. The average Bonchev–Trinajstić information content (AvgIpc) is 3.15. The molecule has 11 nitrogen and oxygen atoms in total. The summed E-state index contributed by atoms with van der Waals surface area (Å²) in [6, 6.07) is 26.7. The molecule has 13 heteroatoms. The number of hydrogen-bond acceptors (Lipinski definition) is 9. The molecule has 1 aliphatic heterocycles. The molecule has 2 fully saturated rings. The Morgan fingerprint density at radius 1 is 0.922 bits per heavy atom. The molecule has 1 saturated heterocycles. The molecule has 0 radical (unpaired) electrons. The van der Waals surface area contributed by atoms with Gasteiger partial charge < -0.3 is 15.0 Å². The Hall–Kier alpha value is -4.49. The van der Waals surface area contributed by atoms with Crippen LogP contribution in [0.1, 0.15) is 41.6 Å². The summed E-state index contributed by atoms with van der Waals surface area (Å²) in [5.74, 6) is -0.480. The number of anilines is 2. The third kappa shape index (κ3) is 9.06. The smallest absolute Gasteiger partial charge is 0.293 e. The number of sulfonamides is 1. The van der Waals surface area contributed by atoms with E-state index in [1.165, 1.54) is 23.3 Å². The van der Waals surface area contributed by atoms with Crippen LogP contribution in [0.5, 0.6) is 0 Å². The minimum Gasteiger partial charge on any atom is -0.381 e. The number of nitro benzene ring substituents is 1. The van der Waals surface area contributed by atoms with E-state index in [2.05, 4.69) is 38.0 Å². The monoisotopic (exact) mass is 731 g/mol. The molecule has 1 amide bonds. The number of benzene rings is 4. The van der Waals surface area contributed by atoms with Crippen LogP contribution in [0, 0.1) is 16.0 Å². The Balaban J connectivity index is 1.03. The molecule has 0 aromatic heterocycles. The predicted octanol–water partition coefficient (Wildman–Crippen LogP) is 6.97. The Labute approximate surface area is 303 Å². The van der Waals surface area contributed by atoms with Crippen molar-refractivity contribution in [2.24, 2.45) is 5.92 Å². The summed E-state index contributed by atoms with van der Waals surface area (Å²) in [5, 5.41) is 15.7. The second kappa shape index (κ2) is 16.2. The molecule has 0 atom stereocenters. The Kier molecular flexibility index (Phi) is 11.6. The van der Waals surface area contributed by atoms with Crippen molar-refractivity contribution >= 4 is 44.6 Å². The lowest BCUT2D eigenvalue weighted by Gasteiger charge is -2.36. The molecule has 1 aliphatic carbocycles. The first kappa shape index (κ1) is 36.3. The molecular formula is C38H42ClN5O6S. The van der Waals surface area contributed by atoms with Crippen molar-refractivity contribution < 1.29 is 22.9 Å². The second-order valence-corrected chi connectivity index (χ2v) is 15.2. The van der Waals surface area contributed by atoms with Crippen LogP contribution in [-0.2, 0) is 21.3 Å². The Morgan fingerprint density at radius 2 is 1.61 bits per heavy atom. The molecule has 2 N–H and O–H groups in total. The highest BCUT2D eigenvalue weighted by molar-refractivity contribution is 7.90. The standard InChI is InChI=1S/C38H42ClN5O6S/c1-50-33-16-6-27(7-17-33)25-40-36-19-18-34(24-37(36)44(46)47)51(48,49)41-38(45)29-10-14-32(15-11-29)43-22-20-42(21-23-43)26-30-4-2-3-5-35(30)28-8-12-31(39)13-9-28/h2-5,8-15,18-19,24,27,33,40H,6-7,16-17,20-23,25-26H2,1H3,(H,41,45). The van der Waals surface area contributed by atoms with Crippen molar-refractivity contribution in [3.05, 3.63) is 117 Å². The SMILES string of the molecule is COC1CCC(CNc2ccc(S(=O)(=O)NC(=O)c3ccc(N4CCN(Cc5ccccc5-c5ccc(Cl)cc5)CC4)cc3)cc2[N+](=O)[O-])CC1. The maximum Gasteiger partial charge on any atom is 0.293 e. The van der Waals surface area contributed by atoms with E-state index < -0.39 is 20.9 Å². The van der Waals surface area contributed by atoms with Gasteiger partial charge in [-0.3, -0.25) is 19.8 Å². The lowest BCUT2D eigenvalue weighted by atomic mass is 9.87. The molecule has 0 bridgehead atoms. The van der Waals surface area contributed by atoms with Crippen LogP contribution in [0.25, 0.3) is 11.1 Å². The molecule has 6 rings (SSSR count). The van der Waals surface area contributed by atoms with Crippen LogP contribution in [-0.4, -0.2) is 70.1 Å². The summed E-state index contributed by atoms with van der Waals surface area (Å²) in [6.45, 7) is 4.64. The Morgan fingerprint density at radius 3 is 2.27 bits per heavy atom. The average molecular weight is 732 g/mol. The number of carbonyl (C=O) groups excluding carboxylic acids is 1. The first-order chi connectivity index (χ1) is 24.6. The molecule has 51 heavy (non-hydrogen) atoms. The molecular weight excluding hydrogens is 690 g/mol. The van der Waals surface area contributed by atoms with Gasteiger partial charge in [-0.2, -0.15) is 0 Å². The number of carbonyl (C=O) groups is 1. The van der Waals surface area contributed by atoms with Crippen LogP contribution in [0.15, 0.2) is 95.9 Å². The van der Waals surface area contributed by atoms with E-state index in [0.717, 1.165) is 75.7 Å². The van der Waals surface area contributed by atoms with Gasteiger partial charge >= 0.3 is 0 Å². The number of hydrogen-bond donors (Lipinski definition) is 2. The van der Waals surface area contributed by atoms with E-state index in [4.69, 9.17) is 16.3 Å². The topological polar surface area (TPSA) is 134 Å². The van der Waals surface area contributed by atoms with E-state index in [-0.39, 0.29) is 27.9 Å². The fourth-order valence-electron chi connectivity index (χ4n) is 6.84. The van der Waals surface area contributed by atoms with Crippen LogP contribution >= 0.6 is 11.6 Å². The van der Waals surface area contributed by atoms with Crippen LogP contribution in [0.4, 0.5) is 17.1 Å². The molecule has 4 aromatic carbocycles. The summed E-state index contributed by atoms with van der Waals surface area (Å²) in [6.07, 6.45) is 4.00. The lowest BCUT2D eigenvalue weighted by Crippen LogP contribution is -2.46. The summed E-state index contributed by atoms with van der Waals surface area (Å²) < 4.78 is 33.8. The van der Waals surface area contributed by atoms with E-state index in [1.54, 1.807) is 31.4 Å². The van der Waals surface area contributed by atoms with E-state index in [0.29, 0.717) is 17.5 Å². The quantitative estimate of drug-likeness (QED) is 0.117. The van der Waals surface area contributed by atoms with Gasteiger partial charge in [-0.25, -0.2) is 13.1 Å². The molecule has 0 unspecified atom stereocenters. The summed E-state index contributed by atoms with van der Waals surface area (Å²) in [7, 11) is -2.67. The fraction of sp³-hybridized carbons (Fsp3) is 0.342. The van der Waals surface area contributed by atoms with Gasteiger partial charge in [0.05, 0.1) is 15.9 Å². The number of amides is 1. The number of ether oxygens (including phenoxy) is 1. The van der Waals surface area contributed by atoms with E-state index >= 15 is 0 Å². The van der Waals surface area contributed by atoms with Gasteiger partial charge in [0.25, 0.3) is 21.6 Å². The van der Waals surface area contributed by atoms with Gasteiger partial charge in [0, 0.05) is 68.7 Å². The van der Waals surface area contributed by atoms with Crippen LogP contribution < -0.4 is 14.9 Å². The lowest BCUT2D eigenvalue weighted by molar-refractivity contribution is -0.384. The highest BCUT2D eigenvalue weighted by Gasteiger charge is 2.26.